The van der Waals surface area contributed by atoms with Gasteiger partial charge in [0.2, 0.25) is 0 Å². The second kappa shape index (κ2) is 7.80. The molecule has 0 fully saturated rings. The number of benzene rings is 2. The van der Waals surface area contributed by atoms with Gasteiger partial charge in [0, 0.05) is 16.8 Å². The van der Waals surface area contributed by atoms with Gasteiger partial charge in [-0.15, -0.1) is 0 Å². The lowest BCUT2D eigenvalue weighted by atomic mass is 9.79. The van der Waals surface area contributed by atoms with Crippen LogP contribution in [0.4, 0.5) is 5.69 Å². The number of nitrogens with one attached hydrogen (secondary N) is 2. The lowest BCUT2D eigenvalue weighted by Gasteiger charge is -2.29. The van der Waals surface area contributed by atoms with E-state index in [1.807, 2.05) is 30.3 Å². The van der Waals surface area contributed by atoms with Crippen molar-refractivity contribution >= 4 is 34.6 Å². The van der Waals surface area contributed by atoms with Crippen LogP contribution in [0.1, 0.15) is 32.8 Å². The zero-order chi connectivity index (χ0) is 16.9. The number of thiocarbonyl (C=S) groups is 1. The molecule has 0 aromatic heterocycles. The molecule has 0 aliphatic heterocycles. The highest BCUT2D eigenvalue weighted by Crippen LogP contribution is 2.28. The summed E-state index contributed by atoms with van der Waals surface area (Å²) in [6.45, 7) is 6.67. The molecular weight excluding hydrogens is 324 g/mol. The van der Waals surface area contributed by atoms with Crippen molar-refractivity contribution in [1.29, 1.82) is 0 Å². The molecule has 2 rings (SSSR count). The number of rotatable bonds is 5. The molecule has 0 aliphatic carbocycles. The molecule has 2 N–H and O–H groups in total. The summed E-state index contributed by atoms with van der Waals surface area (Å²) in [5.41, 5.74) is 2.31. The first kappa shape index (κ1) is 17.8. The van der Waals surface area contributed by atoms with Gasteiger partial charge in [-0.25, -0.2) is 0 Å². The van der Waals surface area contributed by atoms with Crippen LogP contribution in [0, 0.1) is 0 Å². The minimum absolute atomic E-state index is 0.0827. The van der Waals surface area contributed by atoms with Gasteiger partial charge < -0.3 is 10.6 Å². The normalized spacial score (nSPS) is 12.5. The summed E-state index contributed by atoms with van der Waals surface area (Å²) in [6, 6.07) is 18.4. The van der Waals surface area contributed by atoms with Crippen molar-refractivity contribution in [2.75, 3.05) is 5.32 Å². The topological polar surface area (TPSA) is 24.1 Å². The van der Waals surface area contributed by atoms with E-state index in [0.29, 0.717) is 10.1 Å². The Kier molecular flexibility index (Phi) is 6.03. The van der Waals surface area contributed by atoms with Gasteiger partial charge in [-0.05, 0) is 54.7 Å². The summed E-state index contributed by atoms with van der Waals surface area (Å²) in [6.07, 6.45) is 0.981. The molecule has 0 saturated heterocycles. The van der Waals surface area contributed by atoms with E-state index >= 15 is 0 Å². The quantitative estimate of drug-likeness (QED) is 0.710. The number of halogens is 1. The molecular formula is C19H23ClN2S. The van der Waals surface area contributed by atoms with Crippen molar-refractivity contribution in [1.82, 2.24) is 5.32 Å². The van der Waals surface area contributed by atoms with Crippen LogP contribution < -0.4 is 10.6 Å². The lowest BCUT2D eigenvalue weighted by Crippen LogP contribution is -2.39. The molecule has 0 radical (unpaired) electrons. The molecule has 2 aromatic carbocycles. The molecule has 2 aromatic rings. The van der Waals surface area contributed by atoms with Gasteiger partial charge in [0.15, 0.2) is 5.11 Å². The average Bonchev–Trinajstić information content (AvgIpc) is 2.47. The van der Waals surface area contributed by atoms with Gasteiger partial charge in [0.05, 0.1) is 0 Å². The minimum Gasteiger partial charge on any atom is -0.360 e. The maximum Gasteiger partial charge on any atom is 0.170 e. The average molecular weight is 347 g/mol. The summed E-state index contributed by atoms with van der Waals surface area (Å²) in [7, 11) is 0. The van der Waals surface area contributed by atoms with Gasteiger partial charge in [-0.3, -0.25) is 0 Å². The summed E-state index contributed by atoms with van der Waals surface area (Å²) in [5, 5.41) is 7.83. The highest BCUT2D eigenvalue weighted by Gasteiger charge is 2.23. The molecule has 23 heavy (non-hydrogen) atoms. The Morgan fingerprint density at radius 2 is 1.83 bits per heavy atom. The van der Waals surface area contributed by atoms with Crippen molar-refractivity contribution in [3.63, 3.8) is 0 Å². The highest BCUT2D eigenvalue weighted by atomic mass is 35.5. The van der Waals surface area contributed by atoms with Crippen LogP contribution in [0.5, 0.6) is 0 Å². The molecule has 122 valence electrons. The molecule has 0 unspecified atom stereocenters. The third kappa shape index (κ3) is 5.52. The summed E-state index contributed by atoms with van der Waals surface area (Å²) >= 11 is 11.4. The van der Waals surface area contributed by atoms with Gasteiger partial charge in [0.25, 0.3) is 0 Å². The first-order chi connectivity index (χ1) is 10.9. The van der Waals surface area contributed by atoms with E-state index in [1.165, 1.54) is 5.56 Å². The van der Waals surface area contributed by atoms with Crippen LogP contribution in [-0.4, -0.2) is 11.2 Å². The van der Waals surface area contributed by atoms with E-state index < -0.39 is 0 Å². The highest BCUT2D eigenvalue weighted by molar-refractivity contribution is 7.80. The van der Waals surface area contributed by atoms with Crippen LogP contribution in [0.25, 0.3) is 0 Å². The Morgan fingerprint density at radius 3 is 2.48 bits per heavy atom. The Hall–Kier alpha value is -1.58. The fourth-order valence-electron chi connectivity index (χ4n) is 2.78. The Labute approximate surface area is 149 Å². The van der Waals surface area contributed by atoms with Gasteiger partial charge in [-0.2, -0.15) is 0 Å². The predicted octanol–water partition coefficient (Wildman–Crippen LogP) is 5.38. The SMILES string of the molecule is C[C@H](CC(C)(C)c1ccccc1)NC(=S)Nc1cccc(Cl)c1. The van der Waals surface area contributed by atoms with Crippen LogP contribution in [-0.2, 0) is 5.41 Å². The molecule has 0 bridgehead atoms. The van der Waals surface area contributed by atoms with Gasteiger partial charge in [0.1, 0.15) is 0 Å². The van der Waals surface area contributed by atoms with Gasteiger partial charge in [-0.1, -0.05) is 61.8 Å². The van der Waals surface area contributed by atoms with Crippen molar-refractivity contribution < 1.29 is 0 Å². The third-order valence-corrected chi connectivity index (χ3v) is 4.29. The lowest BCUT2D eigenvalue weighted by molar-refractivity contribution is 0.420. The smallest absolute Gasteiger partial charge is 0.170 e. The molecule has 0 saturated carbocycles. The Bertz CT molecular complexity index is 655. The standard InChI is InChI=1S/C19H23ClN2S/c1-14(13-19(2,3)15-8-5-4-6-9-15)21-18(23)22-17-11-7-10-16(20)12-17/h4-12,14H,13H2,1-3H3,(H2,21,22,23)/t14-/m1/s1. The maximum absolute atomic E-state index is 5.99. The number of hydrogen-bond acceptors (Lipinski definition) is 1. The fraction of sp³-hybridized carbons (Fsp3) is 0.316. The van der Waals surface area contributed by atoms with Gasteiger partial charge >= 0.3 is 0 Å². The number of anilines is 1. The molecule has 0 amide bonds. The zero-order valence-corrected chi connectivity index (χ0v) is 15.3. The largest absolute Gasteiger partial charge is 0.360 e. The zero-order valence-electron chi connectivity index (χ0n) is 13.8. The molecule has 4 heteroatoms. The first-order valence-electron chi connectivity index (χ1n) is 7.75. The van der Waals surface area contributed by atoms with E-state index in [9.17, 15) is 0 Å². The minimum atomic E-state index is 0.0827. The van der Waals surface area contributed by atoms with Crippen LogP contribution in [0.2, 0.25) is 5.02 Å². The van der Waals surface area contributed by atoms with E-state index in [2.05, 4.69) is 55.7 Å². The van der Waals surface area contributed by atoms with Crippen LogP contribution >= 0.6 is 23.8 Å². The van der Waals surface area contributed by atoms with E-state index in [4.69, 9.17) is 23.8 Å². The van der Waals surface area contributed by atoms with E-state index in [1.54, 1.807) is 0 Å². The van der Waals surface area contributed by atoms with Crippen molar-refractivity contribution in [2.24, 2.45) is 0 Å². The Morgan fingerprint density at radius 1 is 1.13 bits per heavy atom. The van der Waals surface area contributed by atoms with E-state index in [0.717, 1.165) is 12.1 Å². The maximum atomic E-state index is 5.99. The first-order valence-corrected chi connectivity index (χ1v) is 8.54. The summed E-state index contributed by atoms with van der Waals surface area (Å²) in [4.78, 5) is 0. The predicted molar refractivity (Wildman–Crippen MR) is 104 cm³/mol. The molecule has 0 spiro atoms. The number of hydrogen-bond donors (Lipinski definition) is 2. The third-order valence-electron chi connectivity index (χ3n) is 3.83. The van der Waals surface area contributed by atoms with Crippen molar-refractivity contribution in [3.8, 4) is 0 Å². The van der Waals surface area contributed by atoms with Crippen molar-refractivity contribution in [2.45, 2.75) is 38.6 Å². The summed E-state index contributed by atoms with van der Waals surface area (Å²) < 4.78 is 0. The molecule has 0 heterocycles. The monoisotopic (exact) mass is 346 g/mol. The molecule has 2 nitrogen and oxygen atoms in total. The van der Waals surface area contributed by atoms with Crippen LogP contribution in [0.15, 0.2) is 54.6 Å². The summed E-state index contributed by atoms with van der Waals surface area (Å²) in [5.74, 6) is 0. The molecule has 0 aliphatic rings. The van der Waals surface area contributed by atoms with E-state index in [-0.39, 0.29) is 11.5 Å². The van der Waals surface area contributed by atoms with Crippen LogP contribution in [0.3, 0.4) is 0 Å². The fourth-order valence-corrected chi connectivity index (χ4v) is 3.29. The second-order valence-corrected chi connectivity index (χ2v) is 7.31. The second-order valence-electron chi connectivity index (χ2n) is 6.46. The Balaban J connectivity index is 1.91. The van der Waals surface area contributed by atoms with Crippen molar-refractivity contribution in [3.05, 3.63) is 65.2 Å². The molecule has 1 atom stereocenters.